The van der Waals surface area contributed by atoms with Crippen LogP contribution in [0.25, 0.3) is 0 Å². The van der Waals surface area contributed by atoms with Crippen LogP contribution in [-0.4, -0.2) is 694 Å². The second-order valence-electron chi connectivity index (χ2n) is 36.6. The molecule has 13 heterocycles. The van der Waals surface area contributed by atoms with Gasteiger partial charge in [-0.2, -0.15) is 0 Å². The van der Waals surface area contributed by atoms with Gasteiger partial charge in [0.1, 0.15) is 317 Å². The third-order valence-electron chi connectivity index (χ3n) is 27.0. The third-order valence-corrected chi connectivity index (χ3v) is 27.0. The van der Waals surface area contributed by atoms with Gasteiger partial charge in [0.15, 0.2) is 81.8 Å². The minimum absolute atomic E-state index is 0.789. The lowest BCUT2D eigenvalue weighted by Gasteiger charge is -2.31. The minimum Gasteiger partial charge on any atom is -0.394 e. The fourth-order valence-corrected chi connectivity index (χ4v) is 18.6. The molecular formula is C78H132O66. The van der Waals surface area contributed by atoms with E-state index in [0.717, 1.165) is 0 Å². The monoisotopic (exact) mass is 2120 g/mol. The fourth-order valence-electron chi connectivity index (χ4n) is 18.6. The van der Waals surface area contributed by atoms with Gasteiger partial charge >= 0.3 is 0 Å². The lowest BCUT2D eigenvalue weighted by atomic mass is 10.0. The molecule has 0 aromatic carbocycles. The standard InChI is InChI=1S/C78H132O66/c79-1-14(87)53-28(94)41(107)67(133-53)120-9-16(89)55-29(95)42(108)68(134-55)121-10-17(90)56-30(96)43(109)69(135-56)122-11-18(91)57-31(97)44(110)70(136-57)123-12-19(92)58-32(98)45(111)71(137-58)124-13-26(65-39(105)52(118)77(144-65)130-24(7-85)63-37(103)50(116)75(142-63)127-22(5-83)61-34(100)47(113)73(139-61)125-20(3-81)59-27(93)40(106)66(119)132-59)131-78-51(117)38(104)64(143-78)25(8-86)129-76-49(115)36(102)62(141-76)23(6-84)128-74-48(114)35(101)60(140-74)21(4-82)126-72-46(112)33(99)54(138-72)15(88)2-80/h14-119H,1-13H2/t14-,15-,16-,17-,18-,19-,20-,21-,22-,23-,24-,25-,26-,27-,28-,29-,30-,31-,32-,33-,34-,35-,36-,37-,38-,39-,40-,41-,42-,43-,44-,45-,46-,47-,48-,49-,50-,51-,52-,53+,54+,55+,56+,57+,58+,59+,60+,61+,62+,63+,64+,65+,66-,67-,68-,69-,70-,71-,72-,73-,74-,75-,76-,77-,78-/m1/s1. The molecule has 0 aromatic heterocycles. The van der Waals surface area contributed by atoms with Gasteiger partial charge in [-0.3, -0.25) is 0 Å². The molecule has 0 unspecified atom stereocenters. The molecule has 13 aliphatic heterocycles. The Bertz CT molecular complexity index is 3810. The van der Waals surface area contributed by atoms with Crippen molar-refractivity contribution < 1.29 is 328 Å². The van der Waals surface area contributed by atoms with Crippen LogP contribution in [0.1, 0.15) is 0 Å². The van der Waals surface area contributed by atoms with Crippen molar-refractivity contribution in [3.8, 4) is 0 Å². The summed E-state index contributed by atoms with van der Waals surface area (Å²) in [7, 11) is 0. The SMILES string of the molecule is OC[C@@H](O)[C@@H]1O[C@@H](OC[C@@H](O)[C@@H]2O[C@@H](OC[C@@H](O)[C@@H]3O[C@@H](OC[C@@H](O)[C@@H]4O[C@@H](OC[C@@H](O)[C@@H]5O[C@@H](OC[C@@H](O[C@@H]6O[C@@H]([C@@H](CO)O[C@@H]7O[C@@H]([C@@H](CO)O[C@@H]8O[C@@H]([C@@H](CO)O[C@@H]9O[C@@H]([C@H](O)CO)[C@H](O)[C@H]9O)[C@H](O)[C@H]8O)[C@H](O)[C@H]7O)[C@H](O)[C@H]6O)[C@@H]6O[C@@H](O[C@H](CO)[C@@H]7O[C@@H](O[C@H](CO)[C@@H]8O[C@@H](O[C@H](CO)[C@@H]9O[C@@H](O)[C@H](O)[C@H]9O)[C@H](O)[C@H]8O)[C@H](O)[C@H]7O)[C@H](O)[C@H]6O)[C@H](O)[C@H]5O)[C@H](O)[C@H]4O)[C@H](O)[C@H]3O)[C@H](O)[C@H]2O)[C@H](O)[C@H]1O. The summed E-state index contributed by atoms with van der Waals surface area (Å²) >= 11 is 0. The highest BCUT2D eigenvalue weighted by Gasteiger charge is 2.63. The zero-order valence-electron chi connectivity index (χ0n) is 75.3. The molecule has 66 heteroatoms. The molecule has 13 aliphatic rings. The largest absolute Gasteiger partial charge is 0.394 e. The van der Waals surface area contributed by atoms with E-state index in [0.29, 0.717) is 0 Å². The van der Waals surface area contributed by atoms with Gasteiger partial charge in [-0.1, -0.05) is 0 Å². The summed E-state index contributed by atoms with van der Waals surface area (Å²) in [5, 5.41) is 442. The molecule has 144 heavy (non-hydrogen) atoms. The van der Waals surface area contributed by atoms with Crippen LogP contribution in [0.3, 0.4) is 0 Å². The molecule has 0 bridgehead atoms. The fraction of sp³-hybridized carbons (Fsp3) is 1.00. The molecule has 66 nitrogen and oxygen atoms in total. The zero-order valence-corrected chi connectivity index (χ0v) is 75.3. The van der Waals surface area contributed by atoms with Crippen molar-refractivity contribution in [2.24, 2.45) is 0 Å². The molecule has 0 aliphatic carbocycles. The predicted molar refractivity (Wildman–Crippen MR) is 428 cm³/mol. The molecule has 0 amide bonds. The van der Waals surface area contributed by atoms with Crippen molar-refractivity contribution in [1.29, 1.82) is 0 Å². The average molecular weight is 2130 g/mol. The van der Waals surface area contributed by atoms with Crippen molar-refractivity contribution in [3.63, 3.8) is 0 Å². The Hall–Kier alpha value is -2.64. The highest BCUT2D eigenvalue weighted by Crippen LogP contribution is 2.42. The first-order valence-electron chi connectivity index (χ1n) is 45.7. The Morgan fingerprint density at radius 2 is 0.278 bits per heavy atom. The molecule has 0 saturated carbocycles. The van der Waals surface area contributed by atoms with Crippen molar-refractivity contribution in [3.05, 3.63) is 0 Å². The molecular weight excluding hydrogens is 1990 g/mol. The number of rotatable bonds is 50. The summed E-state index contributed by atoms with van der Waals surface area (Å²) in [5.74, 6) is 0. The van der Waals surface area contributed by atoms with Crippen LogP contribution in [0.5, 0.6) is 0 Å². The Kier molecular flexibility index (Phi) is 42.2. The maximum Gasteiger partial charge on any atom is 0.187 e. The van der Waals surface area contributed by atoms with Gasteiger partial charge in [0.25, 0.3) is 0 Å². The van der Waals surface area contributed by atoms with Crippen LogP contribution in [-0.2, 0) is 118 Å². The van der Waals surface area contributed by atoms with Gasteiger partial charge in [0.05, 0.1) is 85.9 Å². The molecule has 65 atom stereocenters. The number of ether oxygens (including phenoxy) is 25. The van der Waals surface area contributed by atoms with Crippen LogP contribution in [0.15, 0.2) is 0 Å². The maximum absolute atomic E-state index is 11.9. The van der Waals surface area contributed by atoms with Crippen molar-refractivity contribution in [1.82, 2.24) is 0 Å². The highest BCUT2D eigenvalue weighted by molar-refractivity contribution is 5.05. The Balaban J connectivity index is 0.630. The van der Waals surface area contributed by atoms with Crippen LogP contribution in [0.4, 0.5) is 0 Å². The minimum atomic E-state index is -2.36. The first kappa shape index (κ1) is 118. The van der Waals surface area contributed by atoms with E-state index in [9.17, 15) is 209 Å². The first-order valence-corrected chi connectivity index (χ1v) is 45.7. The van der Waals surface area contributed by atoms with Crippen molar-refractivity contribution in [2.45, 2.75) is 399 Å². The van der Waals surface area contributed by atoms with Gasteiger partial charge in [0.2, 0.25) is 0 Å². The smallest absolute Gasteiger partial charge is 0.187 e. The Labute approximate surface area is 810 Å². The highest BCUT2D eigenvalue weighted by atomic mass is 16.8. The quantitative estimate of drug-likeness (QED) is 0.0269. The zero-order chi connectivity index (χ0) is 105. The number of hydrogen-bond acceptors (Lipinski definition) is 66. The van der Waals surface area contributed by atoms with E-state index < -0.39 is 485 Å². The van der Waals surface area contributed by atoms with Crippen LogP contribution < -0.4 is 0 Å². The van der Waals surface area contributed by atoms with Crippen LogP contribution >= 0.6 is 0 Å². The maximum atomic E-state index is 11.9. The molecule has 13 saturated heterocycles. The van der Waals surface area contributed by atoms with E-state index in [1.807, 2.05) is 0 Å². The normalized spacial score (nSPS) is 49.0. The summed E-state index contributed by atoms with van der Waals surface area (Å²) in [6, 6.07) is 0. The summed E-state index contributed by atoms with van der Waals surface area (Å²) in [4.78, 5) is 0. The molecule has 0 spiro atoms. The lowest BCUT2D eigenvalue weighted by Crippen LogP contribution is -2.47. The second-order valence-corrected chi connectivity index (χ2v) is 36.6. The molecule has 0 radical (unpaired) electrons. The Morgan fingerprint density at radius 1 is 0.139 bits per heavy atom. The van der Waals surface area contributed by atoms with E-state index >= 15 is 0 Å². The lowest BCUT2D eigenvalue weighted by molar-refractivity contribution is -0.282. The van der Waals surface area contributed by atoms with Crippen molar-refractivity contribution in [2.75, 3.05) is 85.9 Å². The van der Waals surface area contributed by atoms with Gasteiger partial charge < -0.3 is 328 Å². The summed E-state index contributed by atoms with van der Waals surface area (Å²) in [6.45, 7) is -13.6. The van der Waals surface area contributed by atoms with E-state index in [2.05, 4.69) is 0 Å². The van der Waals surface area contributed by atoms with E-state index in [1.54, 1.807) is 0 Å². The van der Waals surface area contributed by atoms with Gasteiger partial charge in [0, 0.05) is 0 Å². The predicted octanol–water partition coefficient (Wildman–Crippen LogP) is -29.3. The summed E-state index contributed by atoms with van der Waals surface area (Å²) in [5.41, 5.74) is 0. The van der Waals surface area contributed by atoms with Gasteiger partial charge in [-0.05, 0) is 0 Å². The average Bonchev–Trinajstić information content (AvgIpc) is 1.62. The number of aliphatic hydroxyl groups excluding tert-OH is 41. The second kappa shape index (κ2) is 51.4. The number of aliphatic hydroxyl groups is 41. The molecule has 0 aromatic rings. The van der Waals surface area contributed by atoms with E-state index in [4.69, 9.17) is 118 Å². The number of hydrogen-bond donors (Lipinski definition) is 41. The van der Waals surface area contributed by atoms with E-state index in [1.165, 1.54) is 0 Å². The van der Waals surface area contributed by atoms with Crippen LogP contribution in [0, 0.1) is 0 Å². The van der Waals surface area contributed by atoms with Crippen molar-refractivity contribution >= 4 is 0 Å². The molecule has 13 rings (SSSR count). The topological polar surface area (TPSA) is 1060 Å². The van der Waals surface area contributed by atoms with Crippen LogP contribution in [0.2, 0.25) is 0 Å². The first-order chi connectivity index (χ1) is 68.2. The summed E-state index contributed by atoms with van der Waals surface area (Å²) in [6.07, 6.45) is -128. The van der Waals surface area contributed by atoms with Gasteiger partial charge in [-0.25, -0.2) is 0 Å². The molecule has 13 fully saturated rings. The third kappa shape index (κ3) is 25.0. The Morgan fingerprint density at radius 3 is 0.458 bits per heavy atom. The summed E-state index contributed by atoms with van der Waals surface area (Å²) < 4.78 is 140. The van der Waals surface area contributed by atoms with E-state index in [-0.39, 0.29) is 0 Å². The molecule has 840 valence electrons. The molecule has 41 N–H and O–H groups in total. The van der Waals surface area contributed by atoms with Gasteiger partial charge in [-0.15, -0.1) is 0 Å².